The summed E-state index contributed by atoms with van der Waals surface area (Å²) in [5.41, 5.74) is 1.38. The minimum atomic E-state index is 0.403. The first kappa shape index (κ1) is 15.2. The average molecular weight is 248 g/mol. The van der Waals surface area contributed by atoms with E-state index in [0.29, 0.717) is 18.0 Å². The van der Waals surface area contributed by atoms with E-state index >= 15 is 0 Å². The summed E-state index contributed by atoms with van der Waals surface area (Å²) in [5, 5.41) is 3.61. The fourth-order valence-electron chi connectivity index (χ4n) is 2.44. The molecule has 0 saturated carbocycles. The number of hydrogen-bond donors (Lipinski definition) is 1. The second-order valence-corrected chi connectivity index (χ2v) is 5.52. The summed E-state index contributed by atoms with van der Waals surface area (Å²) in [4.78, 5) is 2.45. The van der Waals surface area contributed by atoms with Crippen LogP contribution in [0.2, 0.25) is 0 Å². The van der Waals surface area contributed by atoms with Crippen LogP contribution in [0, 0.1) is 5.92 Å². The summed E-state index contributed by atoms with van der Waals surface area (Å²) in [5.74, 6) is 0.704. The maximum Gasteiger partial charge on any atom is 0.0475 e. The highest BCUT2D eigenvalue weighted by atomic mass is 15.2. The molecule has 0 saturated heterocycles. The highest BCUT2D eigenvalue weighted by Crippen LogP contribution is 2.20. The van der Waals surface area contributed by atoms with Gasteiger partial charge in [0.2, 0.25) is 0 Å². The molecule has 1 rings (SSSR count). The molecule has 0 heterocycles. The zero-order chi connectivity index (χ0) is 13.5. The van der Waals surface area contributed by atoms with E-state index in [4.69, 9.17) is 0 Å². The zero-order valence-corrected chi connectivity index (χ0v) is 12.5. The van der Waals surface area contributed by atoms with Crippen LogP contribution in [0.4, 0.5) is 0 Å². The number of likely N-dealkylation sites (N-methyl/N-ethyl adjacent to an activating group) is 2. The fourth-order valence-corrected chi connectivity index (χ4v) is 2.44. The number of rotatable bonds is 7. The molecular weight excluding hydrogens is 220 g/mol. The van der Waals surface area contributed by atoms with Gasteiger partial charge in [-0.05, 0) is 32.0 Å². The average Bonchev–Trinajstić information content (AvgIpc) is 2.35. The van der Waals surface area contributed by atoms with Crippen molar-refractivity contribution in [2.24, 2.45) is 5.92 Å². The van der Waals surface area contributed by atoms with Crippen molar-refractivity contribution in [1.29, 1.82) is 0 Å². The van der Waals surface area contributed by atoms with Gasteiger partial charge in [-0.3, -0.25) is 0 Å². The molecule has 0 amide bonds. The molecule has 0 spiro atoms. The molecule has 0 radical (unpaired) electrons. The van der Waals surface area contributed by atoms with E-state index in [1.165, 1.54) is 5.56 Å². The summed E-state index contributed by atoms with van der Waals surface area (Å²) < 4.78 is 0. The van der Waals surface area contributed by atoms with Gasteiger partial charge in [-0.25, -0.2) is 0 Å². The third-order valence-corrected chi connectivity index (χ3v) is 3.41. The third-order valence-electron chi connectivity index (χ3n) is 3.41. The highest BCUT2D eigenvalue weighted by Gasteiger charge is 2.22. The summed E-state index contributed by atoms with van der Waals surface area (Å²) in [6.07, 6.45) is 0. The first-order chi connectivity index (χ1) is 8.56. The normalized spacial score (nSPS) is 15.1. The fraction of sp³-hybridized carbons (Fsp3) is 0.625. The maximum absolute atomic E-state index is 3.61. The molecule has 18 heavy (non-hydrogen) atoms. The predicted molar refractivity (Wildman–Crippen MR) is 79.8 cm³/mol. The van der Waals surface area contributed by atoms with Crippen molar-refractivity contribution in [2.45, 2.75) is 39.8 Å². The van der Waals surface area contributed by atoms with Crippen LogP contribution in [0.3, 0.4) is 0 Å². The smallest absolute Gasteiger partial charge is 0.0475 e. The lowest BCUT2D eigenvalue weighted by Gasteiger charge is -2.33. The Labute approximate surface area is 112 Å². The largest absolute Gasteiger partial charge is 0.309 e. The second kappa shape index (κ2) is 7.55. The van der Waals surface area contributed by atoms with Crippen LogP contribution in [0.15, 0.2) is 30.3 Å². The van der Waals surface area contributed by atoms with Crippen LogP contribution in [-0.2, 0) is 0 Å². The molecule has 0 aliphatic carbocycles. The SMILES string of the molecule is CCNC(c1ccccc1)C(C)N(C)CC(C)C. The second-order valence-electron chi connectivity index (χ2n) is 5.52. The monoisotopic (exact) mass is 248 g/mol. The first-order valence-electron chi connectivity index (χ1n) is 7.04. The molecule has 1 aromatic carbocycles. The van der Waals surface area contributed by atoms with E-state index in [1.54, 1.807) is 0 Å². The molecule has 0 bridgehead atoms. The van der Waals surface area contributed by atoms with Gasteiger partial charge in [-0.1, -0.05) is 51.1 Å². The van der Waals surface area contributed by atoms with Gasteiger partial charge >= 0.3 is 0 Å². The lowest BCUT2D eigenvalue weighted by Crippen LogP contribution is -2.42. The van der Waals surface area contributed by atoms with Crippen LogP contribution < -0.4 is 5.32 Å². The number of benzene rings is 1. The van der Waals surface area contributed by atoms with Crippen molar-refractivity contribution in [2.75, 3.05) is 20.1 Å². The molecule has 1 aromatic rings. The lowest BCUT2D eigenvalue weighted by atomic mass is 9.98. The van der Waals surface area contributed by atoms with Crippen LogP contribution in [0.5, 0.6) is 0 Å². The Hall–Kier alpha value is -0.860. The van der Waals surface area contributed by atoms with Crippen LogP contribution in [0.1, 0.15) is 39.3 Å². The summed E-state index contributed by atoms with van der Waals surface area (Å²) in [6.45, 7) is 11.2. The summed E-state index contributed by atoms with van der Waals surface area (Å²) in [7, 11) is 2.22. The van der Waals surface area contributed by atoms with Gasteiger partial charge in [0, 0.05) is 18.6 Å². The lowest BCUT2D eigenvalue weighted by molar-refractivity contribution is 0.188. The molecule has 2 heteroatoms. The van der Waals surface area contributed by atoms with E-state index in [2.05, 4.69) is 75.3 Å². The van der Waals surface area contributed by atoms with Gasteiger partial charge < -0.3 is 10.2 Å². The molecule has 2 unspecified atom stereocenters. The van der Waals surface area contributed by atoms with Gasteiger partial charge in [-0.2, -0.15) is 0 Å². The number of nitrogens with zero attached hydrogens (tertiary/aromatic N) is 1. The van der Waals surface area contributed by atoms with Crippen molar-refractivity contribution in [3.05, 3.63) is 35.9 Å². The molecule has 0 aliphatic heterocycles. The first-order valence-corrected chi connectivity index (χ1v) is 7.04. The minimum Gasteiger partial charge on any atom is -0.309 e. The Balaban J connectivity index is 2.78. The van der Waals surface area contributed by atoms with E-state index in [1.807, 2.05) is 0 Å². The van der Waals surface area contributed by atoms with E-state index in [-0.39, 0.29) is 0 Å². The van der Waals surface area contributed by atoms with Gasteiger partial charge in [0.05, 0.1) is 0 Å². The van der Waals surface area contributed by atoms with Crippen molar-refractivity contribution >= 4 is 0 Å². The standard InChI is InChI=1S/C16H28N2/c1-6-17-16(15-10-8-7-9-11-15)14(4)18(5)12-13(2)3/h7-11,13-14,16-17H,6,12H2,1-5H3. The van der Waals surface area contributed by atoms with E-state index in [9.17, 15) is 0 Å². The Bertz CT molecular complexity index is 321. The maximum atomic E-state index is 3.61. The van der Waals surface area contributed by atoms with Gasteiger partial charge in [0.1, 0.15) is 0 Å². The molecule has 0 fully saturated rings. The van der Waals surface area contributed by atoms with Crippen LogP contribution in [-0.4, -0.2) is 31.1 Å². The van der Waals surface area contributed by atoms with Crippen molar-refractivity contribution in [1.82, 2.24) is 10.2 Å². The Morgan fingerprint density at radius 2 is 1.72 bits per heavy atom. The molecule has 1 N–H and O–H groups in total. The quantitative estimate of drug-likeness (QED) is 0.796. The Kier molecular flexibility index (Phi) is 6.37. The minimum absolute atomic E-state index is 0.403. The molecule has 2 nitrogen and oxygen atoms in total. The van der Waals surface area contributed by atoms with Gasteiger partial charge in [0.25, 0.3) is 0 Å². The van der Waals surface area contributed by atoms with Gasteiger partial charge in [0.15, 0.2) is 0 Å². The molecular formula is C16H28N2. The Morgan fingerprint density at radius 1 is 1.11 bits per heavy atom. The molecule has 0 aliphatic rings. The third kappa shape index (κ3) is 4.43. The molecule has 102 valence electrons. The Morgan fingerprint density at radius 3 is 2.22 bits per heavy atom. The van der Waals surface area contributed by atoms with Crippen molar-refractivity contribution in [3.8, 4) is 0 Å². The van der Waals surface area contributed by atoms with Crippen LogP contribution >= 0.6 is 0 Å². The van der Waals surface area contributed by atoms with Crippen molar-refractivity contribution in [3.63, 3.8) is 0 Å². The summed E-state index contributed by atoms with van der Waals surface area (Å²) >= 11 is 0. The van der Waals surface area contributed by atoms with Crippen molar-refractivity contribution < 1.29 is 0 Å². The topological polar surface area (TPSA) is 15.3 Å². The molecule has 0 aromatic heterocycles. The number of nitrogens with one attached hydrogen (secondary N) is 1. The van der Waals surface area contributed by atoms with E-state index < -0.39 is 0 Å². The van der Waals surface area contributed by atoms with Gasteiger partial charge in [-0.15, -0.1) is 0 Å². The molecule has 2 atom stereocenters. The summed E-state index contributed by atoms with van der Waals surface area (Å²) in [6, 6.07) is 11.6. The predicted octanol–water partition coefficient (Wildman–Crippen LogP) is 3.31. The van der Waals surface area contributed by atoms with Crippen LogP contribution in [0.25, 0.3) is 0 Å². The number of hydrogen-bond acceptors (Lipinski definition) is 2. The highest BCUT2D eigenvalue weighted by molar-refractivity contribution is 5.20. The van der Waals surface area contributed by atoms with E-state index in [0.717, 1.165) is 13.1 Å². The zero-order valence-electron chi connectivity index (χ0n) is 12.5.